The van der Waals surface area contributed by atoms with Crippen LogP contribution in [0.25, 0.3) is 0 Å². The molecule has 158 valence electrons. The van der Waals surface area contributed by atoms with Crippen molar-refractivity contribution in [3.05, 3.63) is 29.8 Å². The molecule has 3 fully saturated rings. The highest BCUT2D eigenvalue weighted by Gasteiger charge is 2.48. The molecule has 1 aromatic rings. The van der Waals surface area contributed by atoms with Gasteiger partial charge in [0, 0.05) is 23.8 Å². The van der Waals surface area contributed by atoms with Gasteiger partial charge < -0.3 is 9.64 Å². The quantitative estimate of drug-likeness (QED) is 0.681. The summed E-state index contributed by atoms with van der Waals surface area (Å²) in [5.74, 6) is 1.60. The molecule has 1 amide bonds. The van der Waals surface area contributed by atoms with Crippen LogP contribution in [-0.4, -0.2) is 54.3 Å². The molecule has 0 bridgehead atoms. The molecule has 2 atom stereocenters. The lowest BCUT2D eigenvalue weighted by molar-refractivity contribution is -0.118. The first-order valence-corrected chi connectivity index (χ1v) is 13.0. The Morgan fingerprint density at radius 2 is 2.00 bits per heavy atom. The van der Waals surface area contributed by atoms with Crippen LogP contribution in [0.5, 0.6) is 5.75 Å². The van der Waals surface area contributed by atoms with Gasteiger partial charge in [-0.15, -0.1) is 0 Å². The van der Waals surface area contributed by atoms with Gasteiger partial charge in [-0.3, -0.25) is 4.79 Å². The number of rotatable bonds is 6. The molecule has 0 aromatic heterocycles. The van der Waals surface area contributed by atoms with Crippen LogP contribution in [-0.2, 0) is 21.2 Å². The van der Waals surface area contributed by atoms with Crippen LogP contribution in [0.2, 0.25) is 0 Å². The summed E-state index contributed by atoms with van der Waals surface area (Å²) in [6.45, 7) is 0.489. The highest BCUT2D eigenvalue weighted by atomic mass is 32.2. The molecule has 1 aromatic carbocycles. The summed E-state index contributed by atoms with van der Waals surface area (Å²) in [7, 11) is -1.43. The number of amides is 1. The first kappa shape index (κ1) is 20.7. The number of thioether (sulfide) groups is 1. The van der Waals surface area contributed by atoms with Crippen LogP contribution in [0.4, 0.5) is 0 Å². The SMILES string of the molecule is COc1ccccc1CN1C(=NC(=O)CCC2CCCC2)S[C@@H]2CS(=O)(=O)C[C@@H]21. The lowest BCUT2D eigenvalue weighted by Gasteiger charge is -2.25. The van der Waals surface area contributed by atoms with E-state index in [2.05, 4.69) is 4.99 Å². The molecule has 0 spiro atoms. The summed E-state index contributed by atoms with van der Waals surface area (Å²) in [5, 5.41) is 0.605. The molecular weight excluding hydrogens is 408 g/mol. The Morgan fingerprint density at radius 3 is 2.76 bits per heavy atom. The first-order chi connectivity index (χ1) is 13.9. The van der Waals surface area contributed by atoms with Gasteiger partial charge in [-0.05, 0) is 18.4 Å². The Kier molecular flexibility index (Phi) is 6.20. The molecular formula is C21H28N2O4S2. The van der Waals surface area contributed by atoms with Crippen LogP contribution < -0.4 is 4.74 Å². The minimum Gasteiger partial charge on any atom is -0.496 e. The minimum absolute atomic E-state index is 0.0592. The van der Waals surface area contributed by atoms with Gasteiger partial charge in [-0.2, -0.15) is 4.99 Å². The number of methoxy groups -OCH3 is 1. The first-order valence-electron chi connectivity index (χ1n) is 10.3. The smallest absolute Gasteiger partial charge is 0.248 e. The minimum atomic E-state index is -3.05. The summed E-state index contributed by atoms with van der Waals surface area (Å²) in [5.41, 5.74) is 0.964. The van der Waals surface area contributed by atoms with Gasteiger partial charge in [0.15, 0.2) is 15.0 Å². The van der Waals surface area contributed by atoms with Crippen molar-refractivity contribution in [2.75, 3.05) is 18.6 Å². The second-order valence-corrected chi connectivity index (χ2v) is 11.6. The molecule has 29 heavy (non-hydrogen) atoms. The molecule has 2 heterocycles. The maximum absolute atomic E-state index is 12.6. The Bertz CT molecular complexity index is 894. The van der Waals surface area contributed by atoms with E-state index in [1.165, 1.54) is 37.4 Å². The van der Waals surface area contributed by atoms with Crippen molar-refractivity contribution in [3.8, 4) is 5.75 Å². The van der Waals surface area contributed by atoms with Crippen molar-refractivity contribution in [3.63, 3.8) is 0 Å². The summed E-state index contributed by atoms with van der Waals surface area (Å²) in [6.07, 6.45) is 6.38. The largest absolute Gasteiger partial charge is 0.496 e. The predicted octanol–water partition coefficient (Wildman–Crippen LogP) is 3.26. The van der Waals surface area contributed by atoms with E-state index < -0.39 is 9.84 Å². The third kappa shape index (κ3) is 4.79. The third-order valence-electron chi connectivity index (χ3n) is 6.17. The average molecular weight is 437 g/mol. The molecule has 2 saturated heterocycles. The second-order valence-electron chi connectivity index (χ2n) is 8.22. The number of amidine groups is 1. The number of carbonyl (C=O) groups excluding carboxylic acids is 1. The maximum atomic E-state index is 12.6. The number of hydrogen-bond donors (Lipinski definition) is 0. The van der Waals surface area contributed by atoms with E-state index in [0.717, 1.165) is 17.7 Å². The van der Waals surface area contributed by atoms with Crippen LogP contribution in [0.15, 0.2) is 29.3 Å². The van der Waals surface area contributed by atoms with Crippen LogP contribution in [0.1, 0.15) is 44.1 Å². The van der Waals surface area contributed by atoms with E-state index in [4.69, 9.17) is 4.74 Å². The number of fused-ring (bicyclic) bond motifs is 1. The van der Waals surface area contributed by atoms with Gasteiger partial charge in [-0.1, -0.05) is 55.6 Å². The molecule has 1 aliphatic carbocycles. The number of hydrogen-bond acceptors (Lipinski definition) is 5. The molecule has 3 aliphatic rings. The molecule has 2 aliphatic heterocycles. The standard InChI is InChI=1S/C21H28N2O4S2/c1-27-18-9-5-4-8-16(18)12-23-17-13-29(25,26)14-19(17)28-21(23)22-20(24)11-10-15-6-2-3-7-15/h4-5,8-9,15,17,19H,2-3,6-7,10-14H2,1H3/t17-,19+/m0/s1. The molecule has 8 heteroatoms. The van der Waals surface area contributed by atoms with E-state index in [1.54, 1.807) is 7.11 Å². The third-order valence-corrected chi connectivity index (χ3v) is 9.42. The van der Waals surface area contributed by atoms with Crippen molar-refractivity contribution >= 4 is 32.7 Å². The zero-order chi connectivity index (χ0) is 20.4. The van der Waals surface area contributed by atoms with Gasteiger partial charge >= 0.3 is 0 Å². The number of aliphatic imine (C=N–C) groups is 1. The van der Waals surface area contributed by atoms with Crippen molar-refractivity contribution in [2.24, 2.45) is 10.9 Å². The number of ether oxygens (including phenoxy) is 1. The average Bonchev–Trinajstić information content (AvgIpc) is 3.37. The van der Waals surface area contributed by atoms with Gasteiger partial charge in [0.25, 0.3) is 0 Å². The zero-order valence-corrected chi connectivity index (χ0v) is 18.4. The molecule has 4 rings (SSSR count). The Morgan fingerprint density at radius 1 is 1.24 bits per heavy atom. The normalized spacial score (nSPS) is 27.5. The zero-order valence-electron chi connectivity index (χ0n) is 16.7. The van der Waals surface area contributed by atoms with Crippen molar-refractivity contribution in [1.29, 1.82) is 0 Å². The fourth-order valence-corrected chi connectivity index (χ4v) is 8.60. The second kappa shape index (κ2) is 8.68. The highest BCUT2D eigenvalue weighted by molar-refractivity contribution is 8.15. The molecule has 0 unspecified atom stereocenters. The van der Waals surface area contributed by atoms with Gasteiger partial charge in [0.1, 0.15) is 5.75 Å². The number of sulfone groups is 1. The molecule has 0 N–H and O–H groups in total. The van der Waals surface area contributed by atoms with Crippen molar-refractivity contribution in [1.82, 2.24) is 4.90 Å². The number of carbonyl (C=O) groups is 1. The molecule has 0 radical (unpaired) electrons. The highest BCUT2D eigenvalue weighted by Crippen LogP contribution is 2.40. The Balaban J connectivity index is 1.52. The molecule has 1 saturated carbocycles. The Labute approximate surface area is 177 Å². The van der Waals surface area contributed by atoms with Crippen LogP contribution in [0.3, 0.4) is 0 Å². The monoisotopic (exact) mass is 436 g/mol. The summed E-state index contributed by atoms with van der Waals surface area (Å²) >= 11 is 1.45. The van der Waals surface area contributed by atoms with Gasteiger partial charge in [-0.25, -0.2) is 8.42 Å². The lowest BCUT2D eigenvalue weighted by atomic mass is 10.0. The maximum Gasteiger partial charge on any atom is 0.248 e. The summed E-state index contributed by atoms with van der Waals surface area (Å²) < 4.78 is 29.8. The molecule has 6 nitrogen and oxygen atoms in total. The topological polar surface area (TPSA) is 76.0 Å². The van der Waals surface area contributed by atoms with Crippen LogP contribution in [0, 0.1) is 5.92 Å². The fourth-order valence-electron chi connectivity index (χ4n) is 4.63. The van der Waals surface area contributed by atoms with E-state index in [0.29, 0.717) is 24.1 Å². The number of nitrogens with zero attached hydrogens (tertiary/aromatic N) is 2. The van der Waals surface area contributed by atoms with Gasteiger partial charge in [0.2, 0.25) is 5.91 Å². The Hall–Kier alpha value is -1.54. The van der Waals surface area contributed by atoms with Crippen LogP contribution >= 0.6 is 11.8 Å². The van der Waals surface area contributed by atoms with E-state index >= 15 is 0 Å². The van der Waals surface area contributed by atoms with Gasteiger partial charge in [0.05, 0.1) is 24.7 Å². The van der Waals surface area contributed by atoms with Crippen molar-refractivity contribution in [2.45, 2.75) is 56.4 Å². The fraction of sp³-hybridized carbons (Fsp3) is 0.619. The number of para-hydroxylation sites is 1. The number of benzene rings is 1. The summed E-state index contributed by atoms with van der Waals surface area (Å²) in [4.78, 5) is 19.0. The van der Waals surface area contributed by atoms with E-state index in [1.807, 2.05) is 29.2 Å². The lowest BCUT2D eigenvalue weighted by Crippen LogP contribution is -2.37. The van der Waals surface area contributed by atoms with Crippen molar-refractivity contribution < 1.29 is 17.9 Å². The van der Waals surface area contributed by atoms with E-state index in [-0.39, 0.29) is 28.7 Å². The predicted molar refractivity (Wildman–Crippen MR) is 116 cm³/mol. The summed E-state index contributed by atoms with van der Waals surface area (Å²) in [6, 6.07) is 7.57. The van der Waals surface area contributed by atoms with E-state index in [9.17, 15) is 13.2 Å².